The van der Waals surface area contributed by atoms with E-state index < -0.39 is 4.92 Å². The molecule has 6 heteroatoms. The second-order valence-electron chi connectivity index (χ2n) is 6.48. The van der Waals surface area contributed by atoms with Crippen LogP contribution in [0.25, 0.3) is 0 Å². The molecule has 22 heavy (non-hydrogen) atoms. The molecule has 0 radical (unpaired) electrons. The molecule has 2 saturated heterocycles. The molecule has 1 aromatic rings. The molecule has 2 aliphatic heterocycles. The zero-order valence-electron chi connectivity index (χ0n) is 12.8. The van der Waals surface area contributed by atoms with E-state index in [1.165, 1.54) is 18.6 Å². The number of piperidine rings is 1. The fourth-order valence-electron chi connectivity index (χ4n) is 3.53. The number of nitro groups is 1. The van der Waals surface area contributed by atoms with Gasteiger partial charge < -0.3 is 10.2 Å². The maximum absolute atomic E-state index is 12.7. The summed E-state index contributed by atoms with van der Waals surface area (Å²) < 4.78 is 0. The van der Waals surface area contributed by atoms with Crippen molar-refractivity contribution in [3.63, 3.8) is 0 Å². The summed E-state index contributed by atoms with van der Waals surface area (Å²) in [7, 11) is 0. The first-order valence-electron chi connectivity index (χ1n) is 7.76. The standard InChI is InChI=1S/C16H21N3O3/c1-12-2-3-13(19(21)22)10-14(12)15(20)18-8-5-16(6-9-18)4-7-17-11-16/h2-3,10,17H,4-9,11H2,1H3. The highest BCUT2D eigenvalue weighted by Crippen LogP contribution is 2.37. The van der Waals surface area contributed by atoms with Crippen LogP contribution in [0.3, 0.4) is 0 Å². The van der Waals surface area contributed by atoms with E-state index in [0.29, 0.717) is 11.0 Å². The second-order valence-corrected chi connectivity index (χ2v) is 6.48. The van der Waals surface area contributed by atoms with E-state index in [4.69, 9.17) is 0 Å². The Morgan fingerprint density at radius 1 is 1.32 bits per heavy atom. The molecule has 2 heterocycles. The smallest absolute Gasteiger partial charge is 0.270 e. The predicted molar refractivity (Wildman–Crippen MR) is 82.9 cm³/mol. The van der Waals surface area contributed by atoms with Crippen LogP contribution in [0.4, 0.5) is 5.69 Å². The zero-order chi connectivity index (χ0) is 15.7. The van der Waals surface area contributed by atoms with E-state index in [-0.39, 0.29) is 11.6 Å². The van der Waals surface area contributed by atoms with Gasteiger partial charge in [0, 0.05) is 37.3 Å². The number of likely N-dealkylation sites (tertiary alicyclic amines) is 1. The van der Waals surface area contributed by atoms with Gasteiger partial charge in [0.1, 0.15) is 0 Å². The van der Waals surface area contributed by atoms with E-state index >= 15 is 0 Å². The van der Waals surface area contributed by atoms with Gasteiger partial charge in [-0.15, -0.1) is 0 Å². The van der Waals surface area contributed by atoms with E-state index in [1.54, 1.807) is 6.07 Å². The Bertz CT molecular complexity index is 599. The van der Waals surface area contributed by atoms with Crippen molar-refractivity contribution in [3.05, 3.63) is 39.4 Å². The van der Waals surface area contributed by atoms with Gasteiger partial charge in [0.15, 0.2) is 0 Å². The first kappa shape index (κ1) is 15.0. The molecule has 0 atom stereocenters. The van der Waals surface area contributed by atoms with Gasteiger partial charge in [-0.1, -0.05) is 6.07 Å². The van der Waals surface area contributed by atoms with E-state index in [9.17, 15) is 14.9 Å². The number of non-ortho nitro benzene ring substituents is 1. The van der Waals surface area contributed by atoms with Crippen molar-refractivity contribution in [3.8, 4) is 0 Å². The number of nitrogens with one attached hydrogen (secondary N) is 1. The van der Waals surface area contributed by atoms with Crippen LogP contribution in [0.1, 0.15) is 35.2 Å². The third kappa shape index (κ3) is 2.70. The molecule has 1 spiro atoms. The Morgan fingerprint density at radius 3 is 2.64 bits per heavy atom. The van der Waals surface area contributed by atoms with E-state index in [0.717, 1.165) is 44.6 Å². The molecule has 0 aromatic heterocycles. The summed E-state index contributed by atoms with van der Waals surface area (Å²) in [5, 5.41) is 14.3. The Balaban J connectivity index is 1.75. The minimum absolute atomic E-state index is 0.0255. The lowest BCUT2D eigenvalue weighted by Gasteiger charge is -2.39. The quantitative estimate of drug-likeness (QED) is 0.671. The van der Waals surface area contributed by atoms with Gasteiger partial charge in [-0.05, 0) is 43.7 Å². The molecule has 1 amide bonds. The molecule has 2 aliphatic rings. The Morgan fingerprint density at radius 2 is 2.05 bits per heavy atom. The zero-order valence-corrected chi connectivity index (χ0v) is 12.8. The van der Waals surface area contributed by atoms with Crippen molar-refractivity contribution < 1.29 is 9.72 Å². The lowest BCUT2D eigenvalue weighted by molar-refractivity contribution is -0.384. The Hall–Kier alpha value is -1.95. The van der Waals surface area contributed by atoms with Crippen molar-refractivity contribution in [2.45, 2.75) is 26.2 Å². The average molecular weight is 303 g/mol. The molecule has 0 saturated carbocycles. The number of carbonyl (C=O) groups is 1. The van der Waals surface area contributed by atoms with Crippen molar-refractivity contribution in [1.82, 2.24) is 10.2 Å². The van der Waals surface area contributed by atoms with Gasteiger partial charge in [0.05, 0.1) is 4.92 Å². The lowest BCUT2D eigenvalue weighted by Crippen LogP contribution is -2.44. The van der Waals surface area contributed by atoms with Crippen molar-refractivity contribution in [1.29, 1.82) is 0 Å². The first-order chi connectivity index (χ1) is 10.5. The molecule has 0 aliphatic carbocycles. The Kier molecular flexibility index (Phi) is 3.87. The van der Waals surface area contributed by atoms with Crippen molar-refractivity contribution >= 4 is 11.6 Å². The summed E-state index contributed by atoms with van der Waals surface area (Å²) in [6, 6.07) is 4.50. The van der Waals surface area contributed by atoms with Crippen LogP contribution in [-0.4, -0.2) is 41.9 Å². The number of benzene rings is 1. The van der Waals surface area contributed by atoms with Gasteiger partial charge in [-0.25, -0.2) is 0 Å². The minimum atomic E-state index is -0.453. The monoisotopic (exact) mass is 303 g/mol. The van der Waals surface area contributed by atoms with Crippen LogP contribution in [0, 0.1) is 22.5 Å². The fraction of sp³-hybridized carbons (Fsp3) is 0.562. The molecular formula is C16H21N3O3. The van der Waals surface area contributed by atoms with Gasteiger partial charge in [-0.2, -0.15) is 0 Å². The number of carbonyl (C=O) groups excluding carboxylic acids is 1. The summed E-state index contributed by atoms with van der Waals surface area (Å²) in [5.41, 5.74) is 1.57. The third-order valence-electron chi connectivity index (χ3n) is 5.11. The molecular weight excluding hydrogens is 282 g/mol. The number of aryl methyl sites for hydroxylation is 1. The molecule has 3 rings (SSSR count). The average Bonchev–Trinajstić information content (AvgIpc) is 2.96. The number of rotatable bonds is 2. The number of nitrogens with zero attached hydrogens (tertiary/aromatic N) is 2. The number of hydrogen-bond donors (Lipinski definition) is 1. The highest BCUT2D eigenvalue weighted by Gasteiger charge is 2.38. The topological polar surface area (TPSA) is 75.5 Å². The fourth-order valence-corrected chi connectivity index (χ4v) is 3.53. The number of hydrogen-bond acceptors (Lipinski definition) is 4. The van der Waals surface area contributed by atoms with Crippen LogP contribution in [0.2, 0.25) is 0 Å². The third-order valence-corrected chi connectivity index (χ3v) is 5.11. The summed E-state index contributed by atoms with van der Waals surface area (Å²) >= 11 is 0. The van der Waals surface area contributed by atoms with Crippen molar-refractivity contribution in [2.75, 3.05) is 26.2 Å². The molecule has 6 nitrogen and oxygen atoms in total. The molecule has 0 bridgehead atoms. The molecule has 1 N–H and O–H groups in total. The summed E-state index contributed by atoms with van der Waals surface area (Å²) in [5.74, 6) is -0.0815. The van der Waals surface area contributed by atoms with Crippen LogP contribution in [-0.2, 0) is 0 Å². The maximum atomic E-state index is 12.7. The largest absolute Gasteiger partial charge is 0.339 e. The second kappa shape index (κ2) is 5.68. The Labute approximate surface area is 129 Å². The van der Waals surface area contributed by atoms with Gasteiger partial charge in [0.2, 0.25) is 0 Å². The maximum Gasteiger partial charge on any atom is 0.270 e. The predicted octanol–water partition coefficient (Wildman–Crippen LogP) is 2.12. The minimum Gasteiger partial charge on any atom is -0.339 e. The van der Waals surface area contributed by atoms with Gasteiger partial charge in [-0.3, -0.25) is 14.9 Å². The lowest BCUT2D eigenvalue weighted by atomic mass is 9.77. The van der Waals surface area contributed by atoms with Crippen LogP contribution in [0.15, 0.2) is 18.2 Å². The molecule has 118 valence electrons. The van der Waals surface area contributed by atoms with Crippen LogP contribution < -0.4 is 5.32 Å². The number of nitro benzene ring substituents is 1. The molecule has 2 fully saturated rings. The van der Waals surface area contributed by atoms with Crippen LogP contribution >= 0.6 is 0 Å². The molecule has 0 unspecified atom stereocenters. The van der Waals surface area contributed by atoms with Gasteiger partial charge in [0.25, 0.3) is 11.6 Å². The van der Waals surface area contributed by atoms with Gasteiger partial charge >= 0.3 is 0 Å². The SMILES string of the molecule is Cc1ccc([N+](=O)[O-])cc1C(=O)N1CCC2(CCNC2)CC1. The van der Waals surface area contributed by atoms with E-state index in [2.05, 4.69) is 5.32 Å². The van der Waals surface area contributed by atoms with Crippen LogP contribution in [0.5, 0.6) is 0 Å². The highest BCUT2D eigenvalue weighted by atomic mass is 16.6. The molecule has 1 aromatic carbocycles. The van der Waals surface area contributed by atoms with E-state index in [1.807, 2.05) is 11.8 Å². The van der Waals surface area contributed by atoms with Crippen molar-refractivity contribution in [2.24, 2.45) is 5.41 Å². The number of amides is 1. The normalized spacial score (nSPS) is 20.3. The summed E-state index contributed by atoms with van der Waals surface area (Å²) in [6.45, 7) is 5.41. The summed E-state index contributed by atoms with van der Waals surface area (Å²) in [6.07, 6.45) is 3.21. The summed E-state index contributed by atoms with van der Waals surface area (Å²) in [4.78, 5) is 25.0. The highest BCUT2D eigenvalue weighted by molar-refractivity contribution is 5.96. The first-order valence-corrected chi connectivity index (χ1v) is 7.76.